The van der Waals surface area contributed by atoms with E-state index in [1.165, 1.54) is 25.3 Å². The van der Waals surface area contributed by atoms with Crippen molar-refractivity contribution in [1.29, 1.82) is 0 Å². The molecule has 0 aliphatic carbocycles. The highest BCUT2D eigenvalue weighted by molar-refractivity contribution is 5.81. The number of alkyl halides is 3. The van der Waals surface area contributed by atoms with E-state index in [0.717, 1.165) is 28.6 Å². The number of methoxy groups -OCH3 is 1. The Morgan fingerprint density at radius 1 is 1.04 bits per heavy atom. The first-order chi connectivity index (χ1) is 12.8. The van der Waals surface area contributed by atoms with Gasteiger partial charge in [0.2, 0.25) is 0 Å². The summed E-state index contributed by atoms with van der Waals surface area (Å²) in [4.78, 5) is 13.8. The summed E-state index contributed by atoms with van der Waals surface area (Å²) in [7, 11) is 3.36. The topological polar surface area (TPSA) is 42.7 Å². The second kappa shape index (κ2) is 7.44. The Hall–Kier alpha value is -2.80. The maximum absolute atomic E-state index is 12.7. The summed E-state index contributed by atoms with van der Waals surface area (Å²) in [5.41, 5.74) is 0.820. The number of hydrogen-bond acceptors (Lipinski definition) is 4. The van der Waals surface area contributed by atoms with Gasteiger partial charge in [0.1, 0.15) is 11.3 Å². The Balaban J connectivity index is 1.79. The average Bonchev–Trinajstić information content (AvgIpc) is 2.60. The molecule has 3 aromatic rings. The zero-order chi connectivity index (χ0) is 19.6. The molecule has 3 rings (SSSR count). The van der Waals surface area contributed by atoms with Crippen LogP contribution < -0.4 is 10.4 Å². The SMILES string of the molecule is COc1ccc2c(CN(C)Cc3ccc(C(F)(F)F)cc3)cc(=O)oc2c1. The van der Waals surface area contributed by atoms with Crippen LogP contribution in [0.1, 0.15) is 16.7 Å². The Kier molecular flexibility index (Phi) is 5.23. The summed E-state index contributed by atoms with van der Waals surface area (Å²) in [6.07, 6.45) is -4.34. The van der Waals surface area contributed by atoms with Crippen molar-refractivity contribution >= 4 is 11.0 Å². The second-order valence-corrected chi connectivity index (χ2v) is 6.32. The Labute approximate surface area is 153 Å². The molecule has 0 N–H and O–H groups in total. The van der Waals surface area contributed by atoms with Crippen LogP contribution in [-0.2, 0) is 19.3 Å². The highest BCUT2D eigenvalue weighted by Gasteiger charge is 2.29. The Morgan fingerprint density at radius 3 is 2.37 bits per heavy atom. The molecular formula is C20H18F3NO3. The molecule has 0 fully saturated rings. The number of ether oxygens (including phenoxy) is 1. The fourth-order valence-corrected chi connectivity index (χ4v) is 2.93. The van der Waals surface area contributed by atoms with E-state index in [-0.39, 0.29) is 0 Å². The van der Waals surface area contributed by atoms with E-state index < -0.39 is 17.4 Å². The minimum atomic E-state index is -4.34. The Morgan fingerprint density at radius 2 is 1.74 bits per heavy atom. The molecule has 0 aliphatic heterocycles. The van der Waals surface area contributed by atoms with Gasteiger partial charge in [-0.25, -0.2) is 4.79 Å². The first kappa shape index (κ1) is 19.0. The van der Waals surface area contributed by atoms with Crippen molar-refractivity contribution in [1.82, 2.24) is 4.90 Å². The van der Waals surface area contributed by atoms with Gasteiger partial charge < -0.3 is 9.15 Å². The van der Waals surface area contributed by atoms with Crippen LogP contribution in [0.5, 0.6) is 5.75 Å². The molecule has 2 aromatic carbocycles. The molecule has 142 valence electrons. The van der Waals surface area contributed by atoms with Crippen molar-refractivity contribution in [3.8, 4) is 5.75 Å². The van der Waals surface area contributed by atoms with E-state index in [2.05, 4.69) is 0 Å². The quantitative estimate of drug-likeness (QED) is 0.616. The average molecular weight is 377 g/mol. The third-order valence-electron chi connectivity index (χ3n) is 4.21. The van der Waals surface area contributed by atoms with Crippen molar-refractivity contribution in [2.24, 2.45) is 0 Å². The molecule has 0 radical (unpaired) electrons. The summed E-state index contributed by atoms with van der Waals surface area (Å²) >= 11 is 0. The molecule has 27 heavy (non-hydrogen) atoms. The molecule has 4 nitrogen and oxygen atoms in total. The number of nitrogens with zero attached hydrogens (tertiary/aromatic N) is 1. The van der Waals surface area contributed by atoms with Gasteiger partial charge in [0.15, 0.2) is 0 Å². The van der Waals surface area contributed by atoms with Gasteiger partial charge in [-0.05, 0) is 42.4 Å². The van der Waals surface area contributed by atoms with Crippen LogP contribution >= 0.6 is 0 Å². The maximum Gasteiger partial charge on any atom is 0.416 e. The summed E-state index contributed by atoms with van der Waals surface area (Å²) < 4.78 is 48.3. The van der Waals surface area contributed by atoms with E-state index >= 15 is 0 Å². The monoisotopic (exact) mass is 377 g/mol. The summed E-state index contributed by atoms with van der Waals surface area (Å²) in [6.45, 7) is 0.880. The zero-order valence-corrected chi connectivity index (χ0v) is 14.8. The molecule has 0 spiro atoms. The summed E-state index contributed by atoms with van der Waals surface area (Å²) in [5, 5.41) is 0.787. The van der Waals surface area contributed by atoms with Crippen molar-refractivity contribution < 1.29 is 22.3 Å². The van der Waals surface area contributed by atoms with Crippen molar-refractivity contribution in [3.05, 3.63) is 75.6 Å². The van der Waals surface area contributed by atoms with Gasteiger partial charge in [0.25, 0.3) is 0 Å². The molecule has 0 amide bonds. The predicted molar refractivity (Wildman–Crippen MR) is 95.7 cm³/mol. The van der Waals surface area contributed by atoms with Gasteiger partial charge in [-0.3, -0.25) is 4.90 Å². The second-order valence-electron chi connectivity index (χ2n) is 6.32. The van der Waals surface area contributed by atoms with Gasteiger partial charge in [-0.1, -0.05) is 12.1 Å². The lowest BCUT2D eigenvalue weighted by Gasteiger charge is -2.18. The van der Waals surface area contributed by atoms with Crippen LogP contribution in [0.3, 0.4) is 0 Å². The van der Waals surface area contributed by atoms with E-state index in [0.29, 0.717) is 24.4 Å². The molecular weight excluding hydrogens is 359 g/mol. The van der Waals surface area contributed by atoms with E-state index in [1.54, 1.807) is 12.1 Å². The fourth-order valence-electron chi connectivity index (χ4n) is 2.93. The number of fused-ring (bicyclic) bond motifs is 1. The largest absolute Gasteiger partial charge is 0.497 e. The normalized spacial score (nSPS) is 11.9. The summed E-state index contributed by atoms with van der Waals surface area (Å²) in [6, 6.07) is 11.7. The van der Waals surface area contributed by atoms with Crippen molar-refractivity contribution in [3.63, 3.8) is 0 Å². The first-order valence-corrected chi connectivity index (χ1v) is 8.22. The lowest BCUT2D eigenvalue weighted by Crippen LogP contribution is -2.18. The lowest BCUT2D eigenvalue weighted by molar-refractivity contribution is -0.137. The van der Waals surface area contributed by atoms with Crippen LogP contribution in [0.2, 0.25) is 0 Å². The van der Waals surface area contributed by atoms with Gasteiger partial charge >= 0.3 is 11.8 Å². The molecule has 0 atom stereocenters. The molecule has 0 saturated heterocycles. The number of halogens is 3. The highest BCUT2D eigenvalue weighted by atomic mass is 19.4. The molecule has 0 unspecified atom stereocenters. The van der Waals surface area contributed by atoms with Crippen LogP contribution in [0.4, 0.5) is 13.2 Å². The maximum atomic E-state index is 12.7. The van der Waals surface area contributed by atoms with Crippen LogP contribution in [-0.4, -0.2) is 19.1 Å². The molecule has 7 heteroatoms. The number of benzene rings is 2. The minimum Gasteiger partial charge on any atom is -0.497 e. The molecule has 0 bridgehead atoms. The molecule has 1 aromatic heterocycles. The van der Waals surface area contributed by atoms with Crippen molar-refractivity contribution in [2.75, 3.05) is 14.2 Å². The van der Waals surface area contributed by atoms with E-state index in [9.17, 15) is 18.0 Å². The van der Waals surface area contributed by atoms with Crippen LogP contribution in [0.15, 0.2) is 57.7 Å². The van der Waals surface area contributed by atoms with Crippen LogP contribution in [0.25, 0.3) is 11.0 Å². The number of rotatable bonds is 5. The fraction of sp³-hybridized carbons (Fsp3) is 0.250. The third kappa shape index (κ3) is 4.49. The van der Waals surface area contributed by atoms with Gasteiger partial charge in [0, 0.05) is 30.6 Å². The summed E-state index contributed by atoms with van der Waals surface area (Å²) in [5.74, 6) is 0.584. The first-order valence-electron chi connectivity index (χ1n) is 8.22. The zero-order valence-electron chi connectivity index (χ0n) is 14.8. The smallest absolute Gasteiger partial charge is 0.416 e. The van der Waals surface area contributed by atoms with Gasteiger partial charge in [-0.15, -0.1) is 0 Å². The van der Waals surface area contributed by atoms with Crippen LogP contribution in [0, 0.1) is 0 Å². The van der Waals surface area contributed by atoms with Gasteiger partial charge in [0.05, 0.1) is 12.7 Å². The number of hydrogen-bond donors (Lipinski definition) is 0. The van der Waals surface area contributed by atoms with Crippen molar-refractivity contribution in [2.45, 2.75) is 19.3 Å². The predicted octanol–water partition coefficient (Wildman–Crippen LogP) is 4.45. The molecule has 0 aliphatic rings. The highest BCUT2D eigenvalue weighted by Crippen LogP contribution is 2.29. The Bertz CT molecular complexity index is 994. The van der Waals surface area contributed by atoms with Gasteiger partial charge in [-0.2, -0.15) is 13.2 Å². The lowest BCUT2D eigenvalue weighted by atomic mass is 10.1. The third-order valence-corrected chi connectivity index (χ3v) is 4.21. The standard InChI is InChI=1S/C20H18F3NO3/c1-24(11-13-3-5-15(6-4-13)20(21,22)23)12-14-9-19(25)27-18-10-16(26-2)7-8-17(14)18/h3-10H,11-12H2,1-2H3. The minimum absolute atomic E-state index is 0.430. The molecule has 1 heterocycles. The molecule has 0 saturated carbocycles. The van der Waals surface area contributed by atoms with E-state index in [4.69, 9.17) is 9.15 Å². The van der Waals surface area contributed by atoms with E-state index in [1.807, 2.05) is 18.0 Å².